The lowest BCUT2D eigenvalue weighted by atomic mass is 10.1. The number of nitrogens with zero attached hydrogens (tertiary/aromatic N) is 1. The van der Waals surface area contributed by atoms with Gasteiger partial charge in [-0.3, -0.25) is 19.3 Å². The minimum atomic E-state index is -0.371. The monoisotopic (exact) mass is 492 g/mol. The summed E-state index contributed by atoms with van der Waals surface area (Å²) < 4.78 is 21.8. The number of aryl methyl sites for hydroxylation is 1. The molecule has 0 saturated heterocycles. The molecular formula is C27H28N2O7. The van der Waals surface area contributed by atoms with Gasteiger partial charge in [0.05, 0.1) is 18.8 Å². The van der Waals surface area contributed by atoms with Gasteiger partial charge >= 0.3 is 0 Å². The third-order valence-electron chi connectivity index (χ3n) is 5.69. The van der Waals surface area contributed by atoms with Crippen LogP contribution in [-0.2, 0) is 22.5 Å². The number of hydrogen-bond donors (Lipinski definition) is 1. The van der Waals surface area contributed by atoms with Crippen LogP contribution in [0.4, 0.5) is 5.69 Å². The standard InChI is InChI=1S/C27H28N2O7/c1-3-18-5-4-6-20(13-18)34-16-23(30)19-7-9-24-22(14-19)29(26(31)17-35-24)15-21-8-10-25(36-21)27(32)28-11-12-33-2/h4-10,13-14H,3,11-12,15-17H2,1-2H3,(H,28,32). The summed E-state index contributed by atoms with van der Waals surface area (Å²) in [6.45, 7) is 2.59. The van der Waals surface area contributed by atoms with Crippen molar-refractivity contribution in [2.45, 2.75) is 19.9 Å². The highest BCUT2D eigenvalue weighted by Gasteiger charge is 2.28. The normalized spacial score (nSPS) is 12.6. The van der Waals surface area contributed by atoms with E-state index in [1.807, 2.05) is 31.2 Å². The van der Waals surface area contributed by atoms with E-state index in [4.69, 9.17) is 18.6 Å². The first kappa shape index (κ1) is 25.0. The summed E-state index contributed by atoms with van der Waals surface area (Å²) in [6.07, 6.45) is 0.871. The molecule has 36 heavy (non-hydrogen) atoms. The molecule has 1 aliphatic heterocycles. The van der Waals surface area contributed by atoms with Crippen molar-refractivity contribution >= 4 is 23.3 Å². The van der Waals surface area contributed by atoms with Crippen LogP contribution >= 0.6 is 0 Å². The van der Waals surface area contributed by atoms with Crippen molar-refractivity contribution in [1.29, 1.82) is 0 Å². The van der Waals surface area contributed by atoms with E-state index >= 15 is 0 Å². The number of furan rings is 1. The van der Waals surface area contributed by atoms with E-state index < -0.39 is 0 Å². The van der Waals surface area contributed by atoms with Gasteiger partial charge in [0.1, 0.15) is 17.3 Å². The first-order valence-electron chi connectivity index (χ1n) is 11.7. The molecule has 1 N–H and O–H groups in total. The number of Topliss-reactive ketones (excluding diaryl/α,β-unsaturated/α-hetero) is 1. The van der Waals surface area contributed by atoms with Gasteiger partial charge in [-0.15, -0.1) is 0 Å². The van der Waals surface area contributed by atoms with E-state index in [0.29, 0.717) is 41.7 Å². The minimum absolute atomic E-state index is 0.0818. The Bertz CT molecular complexity index is 1250. The summed E-state index contributed by atoms with van der Waals surface area (Å²) in [5.41, 5.74) is 1.96. The number of methoxy groups -OCH3 is 1. The fraction of sp³-hybridized carbons (Fsp3) is 0.296. The molecular weight excluding hydrogens is 464 g/mol. The van der Waals surface area contributed by atoms with Crippen molar-refractivity contribution in [1.82, 2.24) is 5.32 Å². The van der Waals surface area contributed by atoms with Crippen molar-refractivity contribution < 1.29 is 33.0 Å². The maximum Gasteiger partial charge on any atom is 0.287 e. The molecule has 1 aromatic heterocycles. The molecule has 0 aliphatic carbocycles. The fourth-order valence-electron chi connectivity index (χ4n) is 3.73. The van der Waals surface area contributed by atoms with E-state index in [1.165, 1.54) is 4.90 Å². The lowest BCUT2D eigenvalue weighted by molar-refractivity contribution is -0.121. The summed E-state index contributed by atoms with van der Waals surface area (Å²) in [5.74, 6) is 0.768. The Morgan fingerprint density at radius 2 is 1.97 bits per heavy atom. The Hall–Kier alpha value is -4.11. The Kier molecular flexibility index (Phi) is 8.02. The van der Waals surface area contributed by atoms with Crippen LogP contribution in [0.5, 0.6) is 11.5 Å². The average Bonchev–Trinajstić information content (AvgIpc) is 3.37. The SMILES string of the molecule is CCc1cccc(OCC(=O)c2ccc3c(c2)N(Cc2ccc(C(=O)NCCOC)o2)C(=O)CO3)c1. The lowest BCUT2D eigenvalue weighted by Gasteiger charge is -2.29. The highest BCUT2D eigenvalue weighted by molar-refractivity contribution is 6.02. The predicted octanol–water partition coefficient (Wildman–Crippen LogP) is 3.41. The second-order valence-corrected chi connectivity index (χ2v) is 8.18. The average molecular weight is 493 g/mol. The zero-order chi connectivity index (χ0) is 25.5. The van der Waals surface area contributed by atoms with E-state index in [-0.39, 0.29) is 43.1 Å². The number of ketones is 1. The smallest absolute Gasteiger partial charge is 0.287 e. The van der Waals surface area contributed by atoms with Gasteiger partial charge < -0.3 is 23.9 Å². The summed E-state index contributed by atoms with van der Waals surface area (Å²) in [7, 11) is 1.55. The van der Waals surface area contributed by atoms with E-state index in [0.717, 1.165) is 12.0 Å². The third kappa shape index (κ3) is 5.92. The van der Waals surface area contributed by atoms with E-state index in [1.54, 1.807) is 37.4 Å². The second-order valence-electron chi connectivity index (χ2n) is 8.18. The van der Waals surface area contributed by atoms with Gasteiger partial charge in [-0.2, -0.15) is 0 Å². The molecule has 4 rings (SSSR count). The first-order chi connectivity index (χ1) is 17.5. The summed E-state index contributed by atoms with van der Waals surface area (Å²) in [4.78, 5) is 39.2. The molecule has 9 nitrogen and oxygen atoms in total. The Balaban J connectivity index is 1.46. The molecule has 0 saturated carbocycles. The van der Waals surface area contributed by atoms with Crippen LogP contribution in [0.25, 0.3) is 0 Å². The number of carbonyl (C=O) groups is 3. The number of carbonyl (C=O) groups excluding carboxylic acids is 3. The van der Waals surface area contributed by atoms with Crippen LogP contribution in [-0.4, -0.2) is 51.1 Å². The van der Waals surface area contributed by atoms with Gasteiger partial charge in [-0.25, -0.2) is 0 Å². The predicted molar refractivity (Wildman–Crippen MR) is 132 cm³/mol. The van der Waals surface area contributed by atoms with Crippen LogP contribution in [0.1, 0.15) is 39.2 Å². The first-order valence-corrected chi connectivity index (χ1v) is 11.7. The number of anilines is 1. The molecule has 0 unspecified atom stereocenters. The van der Waals surface area contributed by atoms with Crippen molar-refractivity contribution in [3.05, 3.63) is 77.2 Å². The van der Waals surface area contributed by atoms with Gasteiger partial charge in [0, 0.05) is 19.2 Å². The van der Waals surface area contributed by atoms with Crippen molar-refractivity contribution in [3.8, 4) is 11.5 Å². The maximum absolute atomic E-state index is 12.9. The Labute approximate surface area is 208 Å². The largest absolute Gasteiger partial charge is 0.485 e. The molecule has 2 amide bonds. The second kappa shape index (κ2) is 11.5. The fourth-order valence-corrected chi connectivity index (χ4v) is 3.73. The molecule has 9 heteroatoms. The molecule has 2 heterocycles. The quantitative estimate of drug-likeness (QED) is 0.323. The number of benzene rings is 2. The van der Waals surface area contributed by atoms with Crippen molar-refractivity contribution in [2.75, 3.05) is 38.4 Å². The molecule has 188 valence electrons. The van der Waals surface area contributed by atoms with E-state index in [2.05, 4.69) is 5.32 Å². The summed E-state index contributed by atoms with van der Waals surface area (Å²) in [5, 5.41) is 2.68. The summed E-state index contributed by atoms with van der Waals surface area (Å²) >= 11 is 0. The van der Waals surface area contributed by atoms with E-state index in [9.17, 15) is 14.4 Å². The zero-order valence-electron chi connectivity index (χ0n) is 20.2. The van der Waals surface area contributed by atoms with Crippen molar-refractivity contribution in [2.24, 2.45) is 0 Å². The van der Waals surface area contributed by atoms with Crippen LogP contribution in [0.15, 0.2) is 59.0 Å². The zero-order valence-corrected chi connectivity index (χ0v) is 20.2. The summed E-state index contributed by atoms with van der Waals surface area (Å²) in [6, 6.07) is 15.7. The number of hydrogen-bond acceptors (Lipinski definition) is 7. The van der Waals surface area contributed by atoms with Gasteiger partial charge in [-0.1, -0.05) is 19.1 Å². The molecule has 2 aromatic carbocycles. The highest BCUT2D eigenvalue weighted by atomic mass is 16.5. The number of rotatable bonds is 11. The van der Waals surface area contributed by atoms with Gasteiger partial charge in [0.2, 0.25) is 0 Å². The van der Waals surface area contributed by atoms with Crippen LogP contribution in [0, 0.1) is 0 Å². The highest BCUT2D eigenvalue weighted by Crippen LogP contribution is 2.34. The molecule has 1 aliphatic rings. The molecule has 0 spiro atoms. The molecule has 0 fully saturated rings. The molecule has 3 aromatic rings. The van der Waals surface area contributed by atoms with Crippen LogP contribution < -0.4 is 19.7 Å². The minimum Gasteiger partial charge on any atom is -0.485 e. The molecule has 0 radical (unpaired) electrons. The number of ether oxygens (including phenoxy) is 3. The maximum atomic E-state index is 12.9. The van der Waals surface area contributed by atoms with Crippen LogP contribution in [0.3, 0.4) is 0 Å². The van der Waals surface area contributed by atoms with Crippen LogP contribution in [0.2, 0.25) is 0 Å². The van der Waals surface area contributed by atoms with Crippen molar-refractivity contribution in [3.63, 3.8) is 0 Å². The number of fused-ring (bicyclic) bond motifs is 1. The molecule has 0 bridgehead atoms. The lowest BCUT2D eigenvalue weighted by Crippen LogP contribution is -2.38. The van der Waals surface area contributed by atoms with Gasteiger partial charge in [0.25, 0.3) is 11.8 Å². The van der Waals surface area contributed by atoms with Gasteiger partial charge in [-0.05, 0) is 54.4 Å². The number of amides is 2. The molecule has 0 atom stereocenters. The topological polar surface area (TPSA) is 107 Å². The van der Waals surface area contributed by atoms with Gasteiger partial charge in [0.15, 0.2) is 24.8 Å². The Morgan fingerprint density at radius 3 is 2.78 bits per heavy atom. The Morgan fingerprint density at radius 1 is 1.11 bits per heavy atom. The number of nitrogens with one attached hydrogen (secondary N) is 1. The third-order valence-corrected chi connectivity index (χ3v) is 5.69.